The molecule has 0 fully saturated rings. The van der Waals surface area contributed by atoms with Gasteiger partial charge in [0.1, 0.15) is 0 Å². The minimum absolute atomic E-state index is 0.0987. The fourth-order valence-corrected chi connectivity index (χ4v) is 3.11. The van der Waals surface area contributed by atoms with Crippen LogP contribution in [0.4, 0.5) is 5.69 Å². The number of ether oxygens (including phenoxy) is 1. The zero-order valence-corrected chi connectivity index (χ0v) is 12.9. The zero-order chi connectivity index (χ0) is 14.7. The van der Waals surface area contributed by atoms with Gasteiger partial charge in [0.2, 0.25) is 5.78 Å². The van der Waals surface area contributed by atoms with E-state index in [0.717, 1.165) is 5.56 Å². The molecule has 0 radical (unpaired) electrons. The van der Waals surface area contributed by atoms with E-state index in [0.29, 0.717) is 9.35 Å². The quantitative estimate of drug-likeness (QED) is 0.461. The van der Waals surface area contributed by atoms with Crippen LogP contribution in [0.3, 0.4) is 0 Å². The van der Waals surface area contributed by atoms with Gasteiger partial charge in [-0.1, -0.05) is 6.07 Å². The molecular formula is C13H10BrNO4S. The van der Waals surface area contributed by atoms with Gasteiger partial charge in [0.25, 0.3) is 0 Å². The van der Waals surface area contributed by atoms with Gasteiger partial charge >= 0.3 is 5.69 Å². The standard InChI is InChI=1S/C13H10BrNO4S/c1-8-2-3-12(10(6-8)15(17)18)19-7-11(16)13-9(14)4-5-20-13/h2-6H,7H2,1H3. The number of hydrogen-bond donors (Lipinski definition) is 0. The largest absolute Gasteiger partial charge is 0.478 e. The van der Waals surface area contributed by atoms with Gasteiger partial charge in [-0.25, -0.2) is 0 Å². The molecule has 0 aliphatic rings. The maximum Gasteiger partial charge on any atom is 0.311 e. The number of carbonyl (C=O) groups is 1. The Labute approximate surface area is 127 Å². The lowest BCUT2D eigenvalue weighted by Crippen LogP contribution is -2.11. The van der Waals surface area contributed by atoms with Gasteiger partial charge in [-0.05, 0) is 45.9 Å². The third-order valence-corrected chi connectivity index (χ3v) is 4.42. The minimum atomic E-state index is -0.520. The summed E-state index contributed by atoms with van der Waals surface area (Å²) in [6.07, 6.45) is 0. The van der Waals surface area contributed by atoms with Gasteiger partial charge in [0.15, 0.2) is 12.4 Å². The second-order valence-electron chi connectivity index (χ2n) is 4.04. The minimum Gasteiger partial charge on any atom is -0.478 e. The maximum atomic E-state index is 11.9. The number of ketones is 1. The first-order valence-electron chi connectivity index (χ1n) is 5.63. The normalized spacial score (nSPS) is 10.3. The molecule has 0 aliphatic carbocycles. The Morgan fingerprint density at radius 2 is 2.20 bits per heavy atom. The Hall–Kier alpha value is -1.73. The first-order chi connectivity index (χ1) is 9.49. The molecule has 1 aromatic carbocycles. The summed E-state index contributed by atoms with van der Waals surface area (Å²) in [4.78, 5) is 22.9. The van der Waals surface area contributed by atoms with Crippen LogP contribution >= 0.6 is 27.3 Å². The lowest BCUT2D eigenvalue weighted by Gasteiger charge is -2.06. The van der Waals surface area contributed by atoms with E-state index in [4.69, 9.17) is 4.74 Å². The van der Waals surface area contributed by atoms with E-state index in [9.17, 15) is 14.9 Å². The molecular weight excluding hydrogens is 346 g/mol. The summed E-state index contributed by atoms with van der Waals surface area (Å²) >= 11 is 4.56. The molecule has 0 atom stereocenters. The van der Waals surface area contributed by atoms with Crippen molar-refractivity contribution in [3.63, 3.8) is 0 Å². The molecule has 2 aromatic rings. The molecule has 20 heavy (non-hydrogen) atoms. The van der Waals surface area contributed by atoms with Crippen molar-refractivity contribution in [2.75, 3.05) is 6.61 Å². The summed E-state index contributed by atoms with van der Waals surface area (Å²) in [6, 6.07) is 6.39. The Balaban J connectivity index is 2.14. The van der Waals surface area contributed by atoms with E-state index in [2.05, 4.69) is 15.9 Å². The number of Topliss-reactive ketones (excluding diaryl/α,β-unsaturated/α-hetero) is 1. The number of rotatable bonds is 5. The predicted molar refractivity (Wildman–Crippen MR) is 79.7 cm³/mol. The van der Waals surface area contributed by atoms with E-state index in [1.54, 1.807) is 24.4 Å². The summed E-state index contributed by atoms with van der Waals surface area (Å²) in [5.74, 6) is -0.122. The second kappa shape index (κ2) is 6.15. The van der Waals surface area contributed by atoms with E-state index >= 15 is 0 Å². The van der Waals surface area contributed by atoms with Gasteiger partial charge in [0, 0.05) is 10.5 Å². The second-order valence-corrected chi connectivity index (χ2v) is 5.81. The fourth-order valence-electron chi connectivity index (χ4n) is 1.59. The monoisotopic (exact) mass is 355 g/mol. The van der Waals surface area contributed by atoms with Crippen LogP contribution in [0, 0.1) is 17.0 Å². The summed E-state index contributed by atoms with van der Waals surface area (Å²) in [5, 5.41) is 12.7. The smallest absolute Gasteiger partial charge is 0.311 e. The van der Waals surface area contributed by atoms with Crippen molar-refractivity contribution in [3.05, 3.63) is 54.7 Å². The van der Waals surface area contributed by atoms with Crippen molar-refractivity contribution in [1.82, 2.24) is 0 Å². The molecule has 2 rings (SSSR count). The number of thiophene rings is 1. The molecule has 0 amide bonds. The van der Waals surface area contributed by atoms with Gasteiger partial charge in [0.05, 0.1) is 9.80 Å². The highest BCUT2D eigenvalue weighted by Gasteiger charge is 2.18. The number of nitro benzene ring substituents is 1. The molecule has 104 valence electrons. The molecule has 1 heterocycles. The molecule has 0 spiro atoms. The lowest BCUT2D eigenvalue weighted by molar-refractivity contribution is -0.385. The van der Waals surface area contributed by atoms with Crippen LogP contribution in [0.25, 0.3) is 0 Å². The van der Waals surface area contributed by atoms with Gasteiger partial charge in [-0.3, -0.25) is 14.9 Å². The number of aryl methyl sites for hydroxylation is 1. The molecule has 0 bridgehead atoms. The molecule has 0 unspecified atom stereocenters. The highest BCUT2D eigenvalue weighted by Crippen LogP contribution is 2.28. The van der Waals surface area contributed by atoms with Crippen molar-refractivity contribution in [2.45, 2.75) is 6.92 Å². The highest BCUT2D eigenvalue weighted by atomic mass is 79.9. The Morgan fingerprint density at radius 1 is 1.45 bits per heavy atom. The number of benzene rings is 1. The number of carbonyl (C=O) groups excluding carboxylic acids is 1. The van der Waals surface area contributed by atoms with Crippen LogP contribution in [0.1, 0.15) is 15.2 Å². The average molecular weight is 356 g/mol. The van der Waals surface area contributed by atoms with Crippen molar-refractivity contribution in [2.24, 2.45) is 0 Å². The summed E-state index contributed by atoms with van der Waals surface area (Å²) in [7, 11) is 0. The summed E-state index contributed by atoms with van der Waals surface area (Å²) in [6.45, 7) is 1.52. The van der Waals surface area contributed by atoms with Crippen LogP contribution < -0.4 is 4.74 Å². The third-order valence-electron chi connectivity index (χ3n) is 2.54. The van der Waals surface area contributed by atoms with E-state index in [-0.39, 0.29) is 23.8 Å². The maximum absolute atomic E-state index is 11.9. The lowest BCUT2D eigenvalue weighted by atomic mass is 10.2. The number of halogens is 1. The Bertz CT molecular complexity index is 668. The first kappa shape index (κ1) is 14.7. The van der Waals surface area contributed by atoms with Crippen LogP contribution in [0.5, 0.6) is 5.75 Å². The van der Waals surface area contributed by atoms with E-state index < -0.39 is 4.92 Å². The molecule has 0 saturated carbocycles. The van der Waals surface area contributed by atoms with Gasteiger partial charge in [-0.15, -0.1) is 11.3 Å². The van der Waals surface area contributed by atoms with Crippen molar-refractivity contribution in [3.8, 4) is 5.75 Å². The molecule has 0 saturated heterocycles. The van der Waals surface area contributed by atoms with E-state index in [1.165, 1.54) is 23.5 Å². The van der Waals surface area contributed by atoms with Crippen molar-refractivity contribution in [1.29, 1.82) is 0 Å². The topological polar surface area (TPSA) is 69.4 Å². The highest BCUT2D eigenvalue weighted by molar-refractivity contribution is 9.10. The third kappa shape index (κ3) is 3.23. The molecule has 0 aliphatic heterocycles. The first-order valence-corrected chi connectivity index (χ1v) is 7.30. The van der Waals surface area contributed by atoms with Crippen LogP contribution in [0.15, 0.2) is 34.1 Å². The average Bonchev–Trinajstić information content (AvgIpc) is 2.83. The Kier molecular flexibility index (Phi) is 4.51. The fraction of sp³-hybridized carbons (Fsp3) is 0.154. The van der Waals surface area contributed by atoms with E-state index in [1.807, 2.05) is 0 Å². The predicted octanol–water partition coefficient (Wildman–Crippen LogP) is 3.99. The van der Waals surface area contributed by atoms with Gasteiger partial charge in [-0.2, -0.15) is 0 Å². The molecule has 0 N–H and O–H groups in total. The Morgan fingerprint density at radius 3 is 2.80 bits per heavy atom. The SMILES string of the molecule is Cc1ccc(OCC(=O)c2sccc2Br)c([N+](=O)[O-])c1. The van der Waals surface area contributed by atoms with Crippen LogP contribution in [0.2, 0.25) is 0 Å². The molecule has 5 nitrogen and oxygen atoms in total. The van der Waals surface area contributed by atoms with Crippen molar-refractivity contribution < 1.29 is 14.5 Å². The molecule has 7 heteroatoms. The number of nitro groups is 1. The number of nitrogens with zero attached hydrogens (tertiary/aromatic N) is 1. The summed E-state index contributed by atoms with van der Waals surface area (Å²) in [5.41, 5.74) is 0.624. The summed E-state index contributed by atoms with van der Waals surface area (Å²) < 4.78 is 5.99. The molecule has 1 aromatic heterocycles. The van der Waals surface area contributed by atoms with Crippen LogP contribution in [-0.4, -0.2) is 17.3 Å². The van der Waals surface area contributed by atoms with Crippen molar-refractivity contribution >= 4 is 38.7 Å². The number of hydrogen-bond acceptors (Lipinski definition) is 5. The zero-order valence-electron chi connectivity index (χ0n) is 10.5. The van der Waals surface area contributed by atoms with Gasteiger partial charge < -0.3 is 4.74 Å². The van der Waals surface area contributed by atoms with Crippen LogP contribution in [-0.2, 0) is 0 Å².